The molecule has 1 heterocycles. The number of nitriles is 1. The Hall–Kier alpha value is -3.40. The summed E-state index contributed by atoms with van der Waals surface area (Å²) in [6, 6.07) is 8.09. The third-order valence-electron chi connectivity index (χ3n) is 4.51. The lowest BCUT2D eigenvalue weighted by molar-refractivity contribution is -0.384. The predicted molar refractivity (Wildman–Crippen MR) is 109 cm³/mol. The van der Waals surface area contributed by atoms with Gasteiger partial charge >= 0.3 is 0 Å². The van der Waals surface area contributed by atoms with Crippen LogP contribution >= 0.6 is 0 Å². The minimum absolute atomic E-state index is 0.0595. The molecule has 0 unspecified atom stereocenters. The van der Waals surface area contributed by atoms with Crippen molar-refractivity contribution in [3.05, 3.63) is 62.5 Å². The standard InChI is InChI=1S/C21H24N4O3/c1-13(2)12-24-15(4)8-17(16(24)5)9-18(11-22)21(26)23-20-10-19(25(27)28)7-6-14(20)3/h6-10,13H,12H2,1-5H3,(H,23,26)/b18-9+. The average Bonchev–Trinajstić information content (AvgIpc) is 2.88. The van der Waals surface area contributed by atoms with Gasteiger partial charge in [-0.3, -0.25) is 14.9 Å². The molecular weight excluding hydrogens is 356 g/mol. The summed E-state index contributed by atoms with van der Waals surface area (Å²) >= 11 is 0. The van der Waals surface area contributed by atoms with Crippen LogP contribution in [-0.2, 0) is 11.3 Å². The molecule has 0 fully saturated rings. The first-order chi connectivity index (χ1) is 13.1. The Bertz CT molecular complexity index is 994. The molecule has 0 aliphatic heterocycles. The zero-order valence-electron chi connectivity index (χ0n) is 16.7. The predicted octanol–water partition coefficient (Wildman–Crippen LogP) is 4.52. The van der Waals surface area contributed by atoms with Gasteiger partial charge in [-0.25, -0.2) is 0 Å². The lowest BCUT2D eigenvalue weighted by atomic mass is 10.1. The zero-order chi connectivity index (χ0) is 21.0. The number of carbonyl (C=O) groups is 1. The number of aryl methyl sites for hydroxylation is 2. The molecule has 0 bridgehead atoms. The van der Waals surface area contributed by atoms with Gasteiger partial charge in [-0.05, 0) is 50.0 Å². The lowest BCUT2D eigenvalue weighted by Crippen LogP contribution is -2.14. The van der Waals surface area contributed by atoms with E-state index < -0.39 is 10.8 Å². The van der Waals surface area contributed by atoms with Crippen LogP contribution in [0.1, 0.15) is 36.4 Å². The highest BCUT2D eigenvalue weighted by Crippen LogP contribution is 2.23. The maximum atomic E-state index is 12.6. The molecule has 7 heteroatoms. The van der Waals surface area contributed by atoms with E-state index in [0.717, 1.165) is 23.5 Å². The Labute approximate surface area is 164 Å². The van der Waals surface area contributed by atoms with Crippen molar-refractivity contribution in [3.8, 4) is 6.07 Å². The highest BCUT2D eigenvalue weighted by molar-refractivity contribution is 6.10. The van der Waals surface area contributed by atoms with Crippen molar-refractivity contribution < 1.29 is 9.72 Å². The van der Waals surface area contributed by atoms with Gasteiger partial charge in [0.2, 0.25) is 0 Å². The van der Waals surface area contributed by atoms with Crippen molar-refractivity contribution in [1.29, 1.82) is 5.26 Å². The van der Waals surface area contributed by atoms with Crippen molar-refractivity contribution in [1.82, 2.24) is 4.57 Å². The maximum absolute atomic E-state index is 12.6. The van der Waals surface area contributed by atoms with Crippen LogP contribution in [0.2, 0.25) is 0 Å². The second kappa shape index (κ2) is 8.53. The van der Waals surface area contributed by atoms with E-state index in [1.165, 1.54) is 12.1 Å². The summed E-state index contributed by atoms with van der Waals surface area (Å²) in [4.78, 5) is 23.0. The third-order valence-corrected chi connectivity index (χ3v) is 4.51. The summed E-state index contributed by atoms with van der Waals surface area (Å²) in [6.07, 6.45) is 1.56. The van der Waals surface area contributed by atoms with Crippen molar-refractivity contribution in [2.45, 2.75) is 41.2 Å². The largest absolute Gasteiger partial charge is 0.348 e. The van der Waals surface area contributed by atoms with E-state index >= 15 is 0 Å². The summed E-state index contributed by atoms with van der Waals surface area (Å²) in [5, 5.41) is 23.0. The highest BCUT2D eigenvalue weighted by atomic mass is 16.6. The molecule has 146 valence electrons. The number of nitro groups is 1. The molecule has 28 heavy (non-hydrogen) atoms. The number of carbonyl (C=O) groups excluding carboxylic acids is 1. The van der Waals surface area contributed by atoms with Crippen molar-refractivity contribution >= 4 is 23.4 Å². The molecule has 0 spiro atoms. The summed E-state index contributed by atoms with van der Waals surface area (Å²) in [5.74, 6) is -0.128. The molecule has 1 aromatic heterocycles. The molecule has 2 rings (SSSR count). The average molecular weight is 380 g/mol. The number of nitrogens with one attached hydrogen (secondary N) is 1. The third kappa shape index (κ3) is 4.65. The van der Waals surface area contributed by atoms with E-state index in [1.54, 1.807) is 19.1 Å². The molecule has 0 aliphatic rings. The minimum Gasteiger partial charge on any atom is -0.348 e. The van der Waals surface area contributed by atoms with Crippen LogP contribution in [-0.4, -0.2) is 15.4 Å². The Morgan fingerprint density at radius 2 is 2.00 bits per heavy atom. The molecule has 1 aromatic carbocycles. The molecule has 7 nitrogen and oxygen atoms in total. The summed E-state index contributed by atoms with van der Waals surface area (Å²) in [5.41, 5.74) is 3.65. The van der Waals surface area contributed by atoms with Crippen LogP contribution in [0.25, 0.3) is 6.08 Å². The molecule has 0 radical (unpaired) electrons. The van der Waals surface area contributed by atoms with Gasteiger partial charge in [0, 0.05) is 30.1 Å². The Morgan fingerprint density at radius 1 is 1.32 bits per heavy atom. The van der Waals surface area contributed by atoms with Gasteiger partial charge in [0.05, 0.1) is 10.6 Å². The SMILES string of the molecule is Cc1ccc([N+](=O)[O-])cc1NC(=O)/C(C#N)=C/c1cc(C)n(CC(C)C)c1C. The van der Waals surface area contributed by atoms with E-state index in [9.17, 15) is 20.2 Å². The summed E-state index contributed by atoms with van der Waals surface area (Å²) < 4.78 is 2.16. The number of nitro benzene ring substituents is 1. The second-order valence-corrected chi connectivity index (χ2v) is 7.21. The number of aromatic nitrogens is 1. The number of hydrogen-bond acceptors (Lipinski definition) is 4. The maximum Gasteiger partial charge on any atom is 0.271 e. The van der Waals surface area contributed by atoms with Gasteiger partial charge in [0.1, 0.15) is 11.6 Å². The quantitative estimate of drug-likeness (QED) is 0.344. The van der Waals surface area contributed by atoms with Gasteiger partial charge in [0.25, 0.3) is 11.6 Å². The number of amides is 1. The Morgan fingerprint density at radius 3 is 2.57 bits per heavy atom. The molecular formula is C21H24N4O3. The van der Waals surface area contributed by atoms with E-state index in [-0.39, 0.29) is 11.3 Å². The number of hydrogen-bond donors (Lipinski definition) is 1. The van der Waals surface area contributed by atoms with Gasteiger partial charge < -0.3 is 9.88 Å². The highest BCUT2D eigenvalue weighted by Gasteiger charge is 2.16. The molecule has 2 aromatic rings. The second-order valence-electron chi connectivity index (χ2n) is 7.21. The minimum atomic E-state index is -0.597. The van der Waals surface area contributed by atoms with Gasteiger partial charge in [-0.15, -0.1) is 0 Å². The van der Waals surface area contributed by atoms with Crippen molar-refractivity contribution in [2.24, 2.45) is 5.92 Å². The Kier molecular flexibility index (Phi) is 6.37. The molecule has 0 aliphatic carbocycles. The van der Waals surface area contributed by atoms with Gasteiger partial charge in [0.15, 0.2) is 0 Å². The van der Waals surface area contributed by atoms with Crippen molar-refractivity contribution in [3.63, 3.8) is 0 Å². The topological polar surface area (TPSA) is 101 Å². The number of nitrogens with zero attached hydrogens (tertiary/aromatic N) is 3. The van der Waals surface area contributed by atoms with Gasteiger partial charge in [-0.1, -0.05) is 19.9 Å². The van der Waals surface area contributed by atoms with Gasteiger partial charge in [-0.2, -0.15) is 5.26 Å². The lowest BCUT2D eigenvalue weighted by Gasteiger charge is -2.12. The number of rotatable bonds is 6. The summed E-state index contributed by atoms with van der Waals surface area (Å²) in [7, 11) is 0. The first kappa shape index (κ1) is 20.9. The number of benzene rings is 1. The normalized spacial score (nSPS) is 11.4. The fraction of sp³-hybridized carbons (Fsp3) is 0.333. The molecule has 0 atom stereocenters. The fourth-order valence-corrected chi connectivity index (χ4v) is 2.97. The first-order valence-corrected chi connectivity index (χ1v) is 8.99. The smallest absolute Gasteiger partial charge is 0.271 e. The van der Waals surface area contributed by atoms with E-state index in [4.69, 9.17) is 0 Å². The van der Waals surface area contributed by atoms with Crippen LogP contribution in [0.3, 0.4) is 0 Å². The number of non-ortho nitro benzene ring substituents is 1. The molecule has 1 N–H and O–H groups in total. The van der Waals surface area contributed by atoms with Crippen LogP contribution in [0.15, 0.2) is 29.8 Å². The van der Waals surface area contributed by atoms with Crippen LogP contribution in [0.5, 0.6) is 0 Å². The number of anilines is 1. The fourth-order valence-electron chi connectivity index (χ4n) is 2.97. The van der Waals surface area contributed by atoms with E-state index in [2.05, 4.69) is 23.7 Å². The van der Waals surface area contributed by atoms with Crippen LogP contribution < -0.4 is 5.32 Å². The molecule has 0 saturated heterocycles. The molecule has 1 amide bonds. The van der Waals surface area contributed by atoms with E-state index in [1.807, 2.05) is 26.0 Å². The van der Waals surface area contributed by atoms with Crippen molar-refractivity contribution in [2.75, 3.05) is 5.32 Å². The van der Waals surface area contributed by atoms with E-state index in [0.29, 0.717) is 17.2 Å². The first-order valence-electron chi connectivity index (χ1n) is 8.99. The molecule has 0 saturated carbocycles. The van der Waals surface area contributed by atoms with Crippen LogP contribution in [0.4, 0.5) is 11.4 Å². The zero-order valence-corrected chi connectivity index (χ0v) is 16.7. The monoisotopic (exact) mass is 380 g/mol. The Balaban J connectivity index is 2.34. The summed E-state index contributed by atoms with van der Waals surface area (Å²) in [6.45, 7) is 10.8. The van der Waals surface area contributed by atoms with Crippen LogP contribution in [0, 0.1) is 48.1 Å².